The van der Waals surface area contributed by atoms with E-state index in [1.54, 1.807) is 12.1 Å². The minimum Gasteiger partial charge on any atom is -0.495 e. The Kier molecular flexibility index (Phi) is 3.38. The Morgan fingerprint density at radius 3 is 3.00 bits per heavy atom. The number of aromatic amines is 1. The van der Waals surface area contributed by atoms with Crippen LogP contribution in [0.3, 0.4) is 0 Å². The third kappa shape index (κ3) is 2.62. The van der Waals surface area contributed by atoms with Gasteiger partial charge >= 0.3 is 0 Å². The van der Waals surface area contributed by atoms with Crippen molar-refractivity contribution in [3.05, 3.63) is 34.8 Å². The summed E-state index contributed by atoms with van der Waals surface area (Å²) in [6.45, 7) is 0. The molecular weight excluding hydrogens is 288 g/mol. The highest BCUT2D eigenvalue weighted by molar-refractivity contribution is 9.10. The second-order valence-corrected chi connectivity index (χ2v) is 4.05. The van der Waals surface area contributed by atoms with E-state index >= 15 is 0 Å². The maximum atomic E-state index is 11.7. The first-order chi connectivity index (χ1) is 8.20. The molecule has 0 saturated carbocycles. The van der Waals surface area contributed by atoms with Gasteiger partial charge in [0.2, 0.25) is 5.82 Å². The molecule has 1 aromatic carbocycles. The van der Waals surface area contributed by atoms with E-state index in [0.29, 0.717) is 11.4 Å². The van der Waals surface area contributed by atoms with Crippen molar-refractivity contribution in [2.75, 3.05) is 12.4 Å². The quantitative estimate of drug-likeness (QED) is 0.905. The van der Waals surface area contributed by atoms with Crippen molar-refractivity contribution in [2.45, 2.75) is 0 Å². The SMILES string of the molecule is COc1ccc(Br)cc1NC(=O)c1ncn[nH]1. The number of halogens is 1. The van der Waals surface area contributed by atoms with E-state index in [-0.39, 0.29) is 11.7 Å². The molecule has 1 amide bonds. The highest BCUT2D eigenvalue weighted by Crippen LogP contribution is 2.27. The van der Waals surface area contributed by atoms with E-state index in [4.69, 9.17) is 4.74 Å². The van der Waals surface area contributed by atoms with Crippen LogP contribution < -0.4 is 10.1 Å². The lowest BCUT2D eigenvalue weighted by molar-refractivity contribution is 0.101. The van der Waals surface area contributed by atoms with E-state index < -0.39 is 0 Å². The summed E-state index contributed by atoms with van der Waals surface area (Å²) in [6, 6.07) is 5.32. The van der Waals surface area contributed by atoms with Crippen LogP contribution in [0.15, 0.2) is 29.0 Å². The number of methoxy groups -OCH3 is 1. The van der Waals surface area contributed by atoms with Crippen LogP contribution in [0, 0.1) is 0 Å². The molecule has 1 aromatic heterocycles. The Labute approximate surface area is 106 Å². The normalized spacial score (nSPS) is 10.0. The first-order valence-electron chi connectivity index (χ1n) is 4.71. The summed E-state index contributed by atoms with van der Waals surface area (Å²) in [5.74, 6) is 0.340. The molecule has 7 heteroatoms. The molecule has 0 saturated heterocycles. The molecule has 0 fully saturated rings. The molecule has 2 rings (SSSR count). The zero-order valence-corrected chi connectivity index (χ0v) is 10.5. The van der Waals surface area contributed by atoms with Crippen LogP contribution in [0.1, 0.15) is 10.6 Å². The van der Waals surface area contributed by atoms with Gasteiger partial charge in [-0.15, -0.1) is 0 Å². The van der Waals surface area contributed by atoms with Gasteiger partial charge in [0, 0.05) is 4.47 Å². The van der Waals surface area contributed by atoms with Gasteiger partial charge in [-0.25, -0.2) is 4.98 Å². The average molecular weight is 297 g/mol. The molecule has 88 valence electrons. The Morgan fingerprint density at radius 1 is 1.53 bits per heavy atom. The number of nitrogens with one attached hydrogen (secondary N) is 2. The minimum atomic E-state index is -0.376. The van der Waals surface area contributed by atoms with Gasteiger partial charge in [0.25, 0.3) is 5.91 Å². The standard InChI is InChI=1S/C10H9BrN4O2/c1-17-8-3-2-6(11)4-7(8)14-10(16)9-12-5-13-15-9/h2-5H,1H3,(H,14,16)(H,12,13,15). The molecular formula is C10H9BrN4O2. The molecule has 17 heavy (non-hydrogen) atoms. The molecule has 0 aliphatic heterocycles. The van der Waals surface area contributed by atoms with E-state index in [1.165, 1.54) is 13.4 Å². The van der Waals surface area contributed by atoms with Gasteiger partial charge in [0.15, 0.2) is 0 Å². The molecule has 0 bridgehead atoms. The molecule has 0 radical (unpaired) electrons. The second kappa shape index (κ2) is 4.96. The summed E-state index contributed by atoms with van der Waals surface area (Å²) in [7, 11) is 1.54. The first kappa shape index (κ1) is 11.6. The largest absolute Gasteiger partial charge is 0.495 e. The number of carbonyl (C=O) groups excluding carboxylic acids is 1. The van der Waals surface area contributed by atoms with Crippen molar-refractivity contribution in [1.29, 1.82) is 0 Å². The van der Waals surface area contributed by atoms with Crippen LogP contribution in [-0.4, -0.2) is 28.2 Å². The van der Waals surface area contributed by atoms with E-state index in [2.05, 4.69) is 36.4 Å². The van der Waals surface area contributed by atoms with E-state index in [1.807, 2.05) is 6.07 Å². The third-order valence-corrected chi connectivity index (χ3v) is 2.53. The summed E-state index contributed by atoms with van der Waals surface area (Å²) in [5, 5.41) is 8.77. The summed E-state index contributed by atoms with van der Waals surface area (Å²) >= 11 is 3.32. The lowest BCUT2D eigenvalue weighted by Gasteiger charge is -2.09. The average Bonchev–Trinajstić information content (AvgIpc) is 2.83. The number of benzene rings is 1. The molecule has 2 aromatic rings. The fourth-order valence-corrected chi connectivity index (χ4v) is 1.64. The fraction of sp³-hybridized carbons (Fsp3) is 0.100. The predicted octanol–water partition coefficient (Wildman–Crippen LogP) is 1.83. The summed E-state index contributed by atoms with van der Waals surface area (Å²) in [5.41, 5.74) is 0.559. The zero-order valence-electron chi connectivity index (χ0n) is 8.90. The molecule has 0 aliphatic carbocycles. The highest BCUT2D eigenvalue weighted by Gasteiger charge is 2.12. The van der Waals surface area contributed by atoms with Gasteiger partial charge in [-0.3, -0.25) is 9.89 Å². The molecule has 0 unspecified atom stereocenters. The van der Waals surface area contributed by atoms with Crippen molar-refractivity contribution in [2.24, 2.45) is 0 Å². The maximum Gasteiger partial charge on any atom is 0.293 e. The summed E-state index contributed by atoms with van der Waals surface area (Å²) < 4.78 is 5.98. The van der Waals surface area contributed by atoms with Gasteiger partial charge in [0.1, 0.15) is 12.1 Å². The van der Waals surface area contributed by atoms with Gasteiger partial charge in [0.05, 0.1) is 12.8 Å². The number of ether oxygens (including phenoxy) is 1. The number of hydrogen-bond acceptors (Lipinski definition) is 4. The zero-order chi connectivity index (χ0) is 12.3. The Morgan fingerprint density at radius 2 is 2.35 bits per heavy atom. The van der Waals surface area contributed by atoms with Crippen molar-refractivity contribution in [3.8, 4) is 5.75 Å². The second-order valence-electron chi connectivity index (χ2n) is 3.13. The number of carbonyl (C=O) groups is 1. The smallest absolute Gasteiger partial charge is 0.293 e. The molecule has 0 spiro atoms. The Balaban J connectivity index is 2.23. The number of H-pyrrole nitrogens is 1. The number of rotatable bonds is 3. The van der Waals surface area contributed by atoms with Crippen LogP contribution in [0.2, 0.25) is 0 Å². The first-order valence-corrected chi connectivity index (χ1v) is 5.50. The van der Waals surface area contributed by atoms with Crippen molar-refractivity contribution >= 4 is 27.5 Å². The number of hydrogen-bond donors (Lipinski definition) is 2. The number of amides is 1. The third-order valence-electron chi connectivity index (χ3n) is 2.04. The van der Waals surface area contributed by atoms with Crippen LogP contribution in [0.5, 0.6) is 5.75 Å². The summed E-state index contributed by atoms with van der Waals surface area (Å²) in [6.07, 6.45) is 1.27. The number of aromatic nitrogens is 3. The molecule has 1 heterocycles. The predicted molar refractivity (Wildman–Crippen MR) is 65.0 cm³/mol. The number of nitrogens with zero attached hydrogens (tertiary/aromatic N) is 2. The molecule has 0 aliphatic rings. The lowest BCUT2D eigenvalue weighted by Crippen LogP contribution is -2.14. The Hall–Kier alpha value is -1.89. The minimum absolute atomic E-state index is 0.145. The van der Waals surface area contributed by atoms with Gasteiger partial charge < -0.3 is 10.1 Å². The lowest BCUT2D eigenvalue weighted by atomic mass is 10.3. The van der Waals surface area contributed by atoms with Crippen LogP contribution in [0.4, 0.5) is 5.69 Å². The van der Waals surface area contributed by atoms with Crippen LogP contribution >= 0.6 is 15.9 Å². The van der Waals surface area contributed by atoms with Crippen molar-refractivity contribution in [1.82, 2.24) is 15.2 Å². The summed E-state index contributed by atoms with van der Waals surface area (Å²) in [4.78, 5) is 15.5. The molecule has 6 nitrogen and oxygen atoms in total. The number of anilines is 1. The van der Waals surface area contributed by atoms with E-state index in [9.17, 15) is 4.79 Å². The van der Waals surface area contributed by atoms with Gasteiger partial charge in [-0.05, 0) is 18.2 Å². The van der Waals surface area contributed by atoms with Gasteiger partial charge in [-0.1, -0.05) is 15.9 Å². The van der Waals surface area contributed by atoms with Gasteiger partial charge in [-0.2, -0.15) is 5.10 Å². The fourth-order valence-electron chi connectivity index (χ4n) is 1.27. The topological polar surface area (TPSA) is 79.9 Å². The maximum absolute atomic E-state index is 11.7. The molecule has 2 N–H and O–H groups in total. The Bertz CT molecular complexity index is 527. The van der Waals surface area contributed by atoms with E-state index in [0.717, 1.165) is 4.47 Å². The van der Waals surface area contributed by atoms with Crippen LogP contribution in [-0.2, 0) is 0 Å². The van der Waals surface area contributed by atoms with Crippen LogP contribution in [0.25, 0.3) is 0 Å². The molecule has 0 atom stereocenters. The van der Waals surface area contributed by atoms with Crippen molar-refractivity contribution < 1.29 is 9.53 Å². The highest BCUT2D eigenvalue weighted by atomic mass is 79.9. The monoisotopic (exact) mass is 296 g/mol. The van der Waals surface area contributed by atoms with Crippen molar-refractivity contribution in [3.63, 3.8) is 0 Å².